The summed E-state index contributed by atoms with van der Waals surface area (Å²) in [5, 5.41) is 7.90. The van der Waals surface area contributed by atoms with E-state index in [0.29, 0.717) is 31.2 Å². The molecule has 1 amide bonds. The summed E-state index contributed by atoms with van der Waals surface area (Å²) in [5.74, 6) is -0.0448. The van der Waals surface area contributed by atoms with E-state index in [2.05, 4.69) is 15.1 Å². The maximum Gasteiger partial charge on any atom is 0.274 e. The van der Waals surface area contributed by atoms with Crippen molar-refractivity contribution in [3.63, 3.8) is 0 Å². The van der Waals surface area contributed by atoms with E-state index in [1.807, 2.05) is 15.8 Å². The summed E-state index contributed by atoms with van der Waals surface area (Å²) in [6, 6.07) is 2.17. The Morgan fingerprint density at radius 1 is 1.33 bits per heavy atom. The van der Waals surface area contributed by atoms with Crippen molar-refractivity contribution in [2.75, 3.05) is 32.4 Å². The monoisotopic (exact) mass is 419 g/mol. The summed E-state index contributed by atoms with van der Waals surface area (Å²) >= 11 is 0. The van der Waals surface area contributed by atoms with E-state index in [-0.39, 0.29) is 24.4 Å². The van der Waals surface area contributed by atoms with Crippen molar-refractivity contribution >= 4 is 28.3 Å². The van der Waals surface area contributed by atoms with Gasteiger partial charge in [0.25, 0.3) is 5.91 Å². The van der Waals surface area contributed by atoms with Crippen LogP contribution in [0.1, 0.15) is 55.1 Å². The molecule has 2 aliphatic rings. The fourth-order valence-corrected chi connectivity index (χ4v) is 4.33. The number of halogens is 1. The molecule has 3 heterocycles. The molecule has 154 valence electrons. The molecule has 10 heteroatoms. The molecule has 2 fully saturated rings. The van der Waals surface area contributed by atoms with E-state index < -0.39 is 10.0 Å². The number of piperidine rings is 2. The van der Waals surface area contributed by atoms with Crippen LogP contribution in [0.2, 0.25) is 0 Å². The number of hydrogen-bond donors (Lipinski definition) is 2. The van der Waals surface area contributed by atoms with E-state index in [1.165, 1.54) is 0 Å². The third-order valence-corrected chi connectivity index (χ3v) is 5.93. The van der Waals surface area contributed by atoms with Gasteiger partial charge in [0, 0.05) is 31.9 Å². The first-order chi connectivity index (χ1) is 12.4. The number of nitrogens with zero attached hydrogens (tertiary/aromatic N) is 3. The van der Waals surface area contributed by atoms with Crippen LogP contribution in [0, 0.1) is 0 Å². The van der Waals surface area contributed by atoms with Gasteiger partial charge in [-0.25, -0.2) is 13.1 Å². The van der Waals surface area contributed by atoms with Crippen LogP contribution in [0.4, 0.5) is 0 Å². The maximum absolute atomic E-state index is 13.0. The van der Waals surface area contributed by atoms with Gasteiger partial charge in [0.15, 0.2) is 0 Å². The first kappa shape index (κ1) is 22.1. The molecule has 0 bridgehead atoms. The average Bonchev–Trinajstić information content (AvgIpc) is 3.11. The van der Waals surface area contributed by atoms with Crippen molar-refractivity contribution in [1.29, 1.82) is 0 Å². The lowest BCUT2D eigenvalue weighted by atomic mass is 9.99. The minimum Gasteiger partial charge on any atom is -0.334 e. The number of sulfonamides is 1. The van der Waals surface area contributed by atoms with E-state index >= 15 is 0 Å². The molecule has 3 rings (SSSR count). The Hall–Kier alpha value is -1.16. The molecular formula is C17H30ClN5O3S. The molecule has 0 aliphatic carbocycles. The van der Waals surface area contributed by atoms with Crippen LogP contribution in [0.25, 0.3) is 0 Å². The lowest BCUT2D eigenvalue weighted by Gasteiger charge is -2.35. The van der Waals surface area contributed by atoms with E-state index in [1.54, 1.807) is 6.07 Å². The summed E-state index contributed by atoms with van der Waals surface area (Å²) < 4.78 is 26.9. The highest BCUT2D eigenvalue weighted by Gasteiger charge is 2.29. The molecule has 27 heavy (non-hydrogen) atoms. The van der Waals surface area contributed by atoms with Crippen molar-refractivity contribution in [3.05, 3.63) is 18.0 Å². The number of nitrogens with one attached hydrogen (secondary N) is 2. The number of hydrogen-bond acceptors (Lipinski definition) is 5. The lowest BCUT2D eigenvalue weighted by Crippen LogP contribution is -2.45. The van der Waals surface area contributed by atoms with Gasteiger partial charge in [-0.2, -0.15) is 5.10 Å². The van der Waals surface area contributed by atoms with Gasteiger partial charge in [0.2, 0.25) is 10.0 Å². The van der Waals surface area contributed by atoms with Gasteiger partial charge < -0.3 is 10.2 Å². The molecule has 0 spiro atoms. The molecule has 0 saturated carbocycles. The van der Waals surface area contributed by atoms with Gasteiger partial charge in [0.05, 0.1) is 12.3 Å². The summed E-state index contributed by atoms with van der Waals surface area (Å²) in [5.41, 5.74) is 0.485. The maximum atomic E-state index is 13.0. The first-order valence-corrected chi connectivity index (χ1v) is 11.3. The molecule has 2 aliphatic heterocycles. The number of amides is 1. The van der Waals surface area contributed by atoms with Crippen molar-refractivity contribution in [3.8, 4) is 0 Å². The van der Waals surface area contributed by atoms with Gasteiger partial charge >= 0.3 is 0 Å². The third-order valence-electron chi connectivity index (χ3n) is 5.20. The summed E-state index contributed by atoms with van der Waals surface area (Å²) in [7, 11) is -3.20. The molecular weight excluding hydrogens is 390 g/mol. The molecule has 2 N–H and O–H groups in total. The first-order valence-electron chi connectivity index (χ1n) is 9.45. The Balaban J connectivity index is 0.00000261. The van der Waals surface area contributed by atoms with Crippen molar-refractivity contribution in [2.24, 2.45) is 0 Å². The van der Waals surface area contributed by atoms with E-state index in [0.717, 1.165) is 51.4 Å². The van der Waals surface area contributed by atoms with Crippen LogP contribution < -0.4 is 10.0 Å². The van der Waals surface area contributed by atoms with Crippen molar-refractivity contribution in [1.82, 2.24) is 24.7 Å². The number of likely N-dealkylation sites (tertiary alicyclic amines) is 1. The minimum absolute atomic E-state index is 0. The van der Waals surface area contributed by atoms with E-state index in [4.69, 9.17) is 0 Å². The largest absolute Gasteiger partial charge is 0.334 e. The summed E-state index contributed by atoms with van der Waals surface area (Å²) in [6.45, 7) is 3.00. The average molecular weight is 420 g/mol. The number of rotatable bonds is 6. The predicted molar refractivity (Wildman–Crippen MR) is 107 cm³/mol. The van der Waals surface area contributed by atoms with Gasteiger partial charge in [-0.1, -0.05) is 0 Å². The smallest absolute Gasteiger partial charge is 0.274 e. The van der Waals surface area contributed by atoms with Crippen LogP contribution in [-0.2, 0) is 10.0 Å². The highest BCUT2D eigenvalue weighted by Crippen LogP contribution is 2.22. The minimum atomic E-state index is -3.20. The quantitative estimate of drug-likeness (QED) is 0.721. The normalized spacial score (nSPS) is 23.7. The van der Waals surface area contributed by atoms with Gasteiger partial charge in [-0.15, -0.1) is 12.4 Å². The number of carbonyl (C=O) groups is 1. The van der Waals surface area contributed by atoms with Crippen molar-refractivity contribution < 1.29 is 13.2 Å². The fourth-order valence-electron chi connectivity index (χ4n) is 3.84. The van der Waals surface area contributed by atoms with Crippen LogP contribution in [0.15, 0.2) is 12.3 Å². The standard InChI is InChI=1S/C17H29N5O3S.ClH/c1-26(24,25)19-10-7-14-5-2-3-11-21(14)17(23)16-8-12-22(20-16)15-6-4-9-18-13-15;/h8,12,14-15,18-19H,2-7,9-11,13H2,1H3;1H. The highest BCUT2D eigenvalue weighted by molar-refractivity contribution is 7.88. The van der Waals surface area contributed by atoms with Crippen LogP contribution >= 0.6 is 12.4 Å². The Bertz CT molecular complexity index is 718. The lowest BCUT2D eigenvalue weighted by molar-refractivity contribution is 0.0596. The molecule has 2 saturated heterocycles. The van der Waals surface area contributed by atoms with E-state index in [9.17, 15) is 13.2 Å². The zero-order chi connectivity index (χ0) is 18.6. The Kier molecular flexibility index (Phi) is 8.08. The number of aromatic nitrogens is 2. The molecule has 0 aromatic carbocycles. The summed E-state index contributed by atoms with van der Waals surface area (Å²) in [4.78, 5) is 14.8. The Morgan fingerprint density at radius 3 is 2.85 bits per heavy atom. The topological polar surface area (TPSA) is 96.3 Å². The molecule has 2 atom stereocenters. The molecule has 0 radical (unpaired) electrons. The fraction of sp³-hybridized carbons (Fsp3) is 0.765. The second-order valence-electron chi connectivity index (χ2n) is 7.28. The molecule has 2 unspecified atom stereocenters. The second-order valence-corrected chi connectivity index (χ2v) is 9.12. The van der Waals surface area contributed by atoms with Gasteiger partial charge in [-0.05, 0) is 51.1 Å². The second kappa shape index (κ2) is 9.86. The third kappa shape index (κ3) is 6.17. The number of carbonyl (C=O) groups excluding carboxylic acids is 1. The SMILES string of the molecule is CS(=O)(=O)NCCC1CCCCN1C(=O)c1ccn(C2CCCNC2)n1.Cl. The van der Waals surface area contributed by atoms with Crippen LogP contribution in [0.3, 0.4) is 0 Å². The summed E-state index contributed by atoms with van der Waals surface area (Å²) in [6.07, 6.45) is 8.83. The molecule has 8 nitrogen and oxygen atoms in total. The van der Waals surface area contributed by atoms with Crippen molar-refractivity contribution in [2.45, 2.75) is 50.6 Å². The Morgan fingerprint density at radius 2 is 2.15 bits per heavy atom. The zero-order valence-corrected chi connectivity index (χ0v) is 17.4. The zero-order valence-electron chi connectivity index (χ0n) is 15.8. The highest BCUT2D eigenvalue weighted by atomic mass is 35.5. The molecule has 1 aromatic rings. The predicted octanol–water partition coefficient (Wildman–Crippen LogP) is 1.16. The molecule has 1 aromatic heterocycles. The van der Waals surface area contributed by atoms with Gasteiger partial charge in [-0.3, -0.25) is 9.48 Å². The van der Waals surface area contributed by atoms with Crippen LogP contribution in [-0.4, -0.2) is 67.5 Å². The van der Waals surface area contributed by atoms with Crippen LogP contribution in [0.5, 0.6) is 0 Å². The van der Waals surface area contributed by atoms with Gasteiger partial charge in [0.1, 0.15) is 5.69 Å². The Labute approximate surface area is 167 Å².